The molecule has 0 saturated carbocycles. The van der Waals surface area contributed by atoms with Crippen LogP contribution < -0.4 is 10.6 Å². The van der Waals surface area contributed by atoms with Gasteiger partial charge in [-0.15, -0.1) is 11.3 Å². The van der Waals surface area contributed by atoms with E-state index in [1.165, 1.54) is 4.88 Å². The van der Waals surface area contributed by atoms with Gasteiger partial charge in [0.25, 0.3) is 5.91 Å². The molecule has 6 nitrogen and oxygen atoms in total. The van der Waals surface area contributed by atoms with Crippen molar-refractivity contribution in [1.82, 2.24) is 15.5 Å². The van der Waals surface area contributed by atoms with Crippen molar-refractivity contribution in [1.29, 1.82) is 0 Å². The first-order valence-electron chi connectivity index (χ1n) is 9.05. The lowest BCUT2D eigenvalue weighted by atomic mass is 9.85. The molecule has 1 saturated heterocycles. The Morgan fingerprint density at radius 3 is 2.63 bits per heavy atom. The number of thiophene rings is 1. The van der Waals surface area contributed by atoms with E-state index in [0.717, 1.165) is 23.3 Å². The third kappa shape index (κ3) is 4.03. The average molecular weight is 385 g/mol. The predicted molar refractivity (Wildman–Crippen MR) is 104 cm³/mol. The summed E-state index contributed by atoms with van der Waals surface area (Å²) in [5, 5.41) is 7.60. The van der Waals surface area contributed by atoms with Crippen molar-refractivity contribution in [3.05, 3.63) is 58.3 Å². The second-order valence-electron chi connectivity index (χ2n) is 6.52. The molecule has 0 radical (unpaired) electrons. The van der Waals surface area contributed by atoms with Crippen LogP contribution in [-0.2, 0) is 21.5 Å². The van der Waals surface area contributed by atoms with Gasteiger partial charge in [-0.1, -0.05) is 49.7 Å². The van der Waals surface area contributed by atoms with Gasteiger partial charge in [-0.25, -0.2) is 4.79 Å². The Kier molecular flexibility index (Phi) is 5.91. The molecule has 27 heavy (non-hydrogen) atoms. The van der Waals surface area contributed by atoms with E-state index in [-0.39, 0.29) is 18.4 Å². The summed E-state index contributed by atoms with van der Waals surface area (Å²) in [5.41, 5.74) is -0.351. The van der Waals surface area contributed by atoms with Gasteiger partial charge in [0, 0.05) is 11.4 Å². The zero-order valence-electron chi connectivity index (χ0n) is 15.2. The van der Waals surface area contributed by atoms with E-state index in [0.29, 0.717) is 13.0 Å². The van der Waals surface area contributed by atoms with Crippen molar-refractivity contribution < 1.29 is 14.4 Å². The van der Waals surface area contributed by atoms with Crippen molar-refractivity contribution in [2.75, 3.05) is 13.1 Å². The van der Waals surface area contributed by atoms with Crippen LogP contribution in [0.4, 0.5) is 4.79 Å². The first-order chi connectivity index (χ1) is 13.1. The first-order valence-corrected chi connectivity index (χ1v) is 9.93. The lowest BCUT2D eigenvalue weighted by Crippen LogP contribution is -2.45. The van der Waals surface area contributed by atoms with Crippen molar-refractivity contribution >= 4 is 29.2 Å². The quantitative estimate of drug-likeness (QED) is 0.686. The van der Waals surface area contributed by atoms with Crippen molar-refractivity contribution in [3.63, 3.8) is 0 Å². The Morgan fingerprint density at radius 2 is 1.96 bits per heavy atom. The average Bonchev–Trinajstić information content (AvgIpc) is 3.26. The molecule has 4 amide bonds. The number of carbonyl (C=O) groups is 3. The number of amides is 4. The molecule has 0 unspecified atom stereocenters. The molecule has 1 aliphatic rings. The van der Waals surface area contributed by atoms with E-state index in [2.05, 4.69) is 10.6 Å². The number of benzene rings is 1. The molecule has 1 aromatic carbocycles. The minimum absolute atomic E-state index is 0.270. The SMILES string of the molecule is CCC[C@@]1(c2ccccc2)NC(=O)N(CC(=O)NCCc2cccs2)C1=O. The van der Waals surface area contributed by atoms with Crippen LogP contribution in [0.1, 0.15) is 30.2 Å². The number of imide groups is 1. The molecule has 142 valence electrons. The lowest BCUT2D eigenvalue weighted by molar-refractivity contribution is -0.135. The minimum Gasteiger partial charge on any atom is -0.354 e. The number of nitrogens with zero attached hydrogens (tertiary/aromatic N) is 1. The summed E-state index contributed by atoms with van der Waals surface area (Å²) in [6, 6.07) is 12.7. The molecule has 2 aromatic rings. The van der Waals surface area contributed by atoms with Crippen LogP contribution in [0.3, 0.4) is 0 Å². The Balaban J connectivity index is 1.66. The van der Waals surface area contributed by atoms with Crippen molar-refractivity contribution in [3.8, 4) is 0 Å². The lowest BCUT2D eigenvalue weighted by Gasteiger charge is -2.26. The highest BCUT2D eigenvalue weighted by Crippen LogP contribution is 2.33. The Hall–Kier alpha value is -2.67. The normalized spacial score (nSPS) is 19.2. The maximum absolute atomic E-state index is 13.1. The van der Waals surface area contributed by atoms with Crippen LogP contribution >= 0.6 is 11.3 Å². The molecule has 1 fully saturated rings. The summed E-state index contributed by atoms with van der Waals surface area (Å²) in [5.74, 6) is -0.704. The topological polar surface area (TPSA) is 78.5 Å². The minimum atomic E-state index is -1.09. The molecule has 0 aliphatic carbocycles. The van der Waals surface area contributed by atoms with E-state index < -0.39 is 11.6 Å². The van der Waals surface area contributed by atoms with E-state index >= 15 is 0 Å². The van der Waals surface area contributed by atoms with E-state index in [1.807, 2.05) is 54.8 Å². The summed E-state index contributed by atoms with van der Waals surface area (Å²) >= 11 is 1.63. The van der Waals surface area contributed by atoms with Gasteiger partial charge >= 0.3 is 6.03 Å². The van der Waals surface area contributed by atoms with Gasteiger partial charge in [-0.3, -0.25) is 14.5 Å². The number of nitrogens with one attached hydrogen (secondary N) is 2. The Bertz CT molecular complexity index is 807. The zero-order chi connectivity index (χ0) is 19.3. The molecular formula is C20H23N3O3S. The summed E-state index contributed by atoms with van der Waals surface area (Å²) in [6.07, 6.45) is 1.94. The van der Waals surface area contributed by atoms with Crippen LogP contribution in [0.2, 0.25) is 0 Å². The number of urea groups is 1. The molecule has 1 aliphatic heterocycles. The molecule has 0 spiro atoms. The Labute approximate surface area is 162 Å². The predicted octanol–water partition coefficient (Wildman–Crippen LogP) is 2.65. The van der Waals surface area contributed by atoms with Crippen LogP contribution in [0.25, 0.3) is 0 Å². The smallest absolute Gasteiger partial charge is 0.325 e. The number of carbonyl (C=O) groups excluding carboxylic acids is 3. The van der Waals surface area contributed by atoms with Gasteiger partial charge in [-0.2, -0.15) is 0 Å². The largest absolute Gasteiger partial charge is 0.354 e. The third-order valence-electron chi connectivity index (χ3n) is 4.64. The van der Waals surface area contributed by atoms with Crippen LogP contribution in [0, 0.1) is 0 Å². The van der Waals surface area contributed by atoms with Gasteiger partial charge in [-0.05, 0) is 29.9 Å². The fourth-order valence-corrected chi connectivity index (χ4v) is 4.07. The molecule has 2 N–H and O–H groups in total. The summed E-state index contributed by atoms with van der Waals surface area (Å²) < 4.78 is 0. The van der Waals surface area contributed by atoms with Gasteiger partial charge in [0.05, 0.1) is 0 Å². The highest BCUT2D eigenvalue weighted by Gasteiger charge is 2.52. The maximum Gasteiger partial charge on any atom is 0.325 e. The fraction of sp³-hybridized carbons (Fsp3) is 0.350. The van der Waals surface area contributed by atoms with Crippen LogP contribution in [-0.4, -0.2) is 35.8 Å². The third-order valence-corrected chi connectivity index (χ3v) is 5.58. The molecule has 2 heterocycles. The monoisotopic (exact) mass is 385 g/mol. The summed E-state index contributed by atoms with van der Waals surface area (Å²) in [7, 11) is 0. The second-order valence-corrected chi connectivity index (χ2v) is 7.55. The van der Waals surface area contributed by atoms with E-state index in [1.54, 1.807) is 11.3 Å². The highest BCUT2D eigenvalue weighted by molar-refractivity contribution is 7.09. The van der Waals surface area contributed by atoms with E-state index in [4.69, 9.17) is 0 Å². The standard InChI is InChI=1S/C20H23N3O3S/c1-2-11-20(15-7-4-3-5-8-15)18(25)23(19(26)22-20)14-17(24)21-12-10-16-9-6-13-27-16/h3-9,13H,2,10-12,14H2,1H3,(H,21,24)(H,22,26)/t20-/m0/s1. The zero-order valence-corrected chi connectivity index (χ0v) is 16.1. The van der Waals surface area contributed by atoms with Crippen LogP contribution in [0.15, 0.2) is 47.8 Å². The van der Waals surface area contributed by atoms with E-state index in [9.17, 15) is 14.4 Å². The summed E-state index contributed by atoms with van der Waals surface area (Å²) in [4.78, 5) is 40.0. The molecule has 1 atom stereocenters. The van der Waals surface area contributed by atoms with Gasteiger partial charge < -0.3 is 10.6 Å². The van der Waals surface area contributed by atoms with Crippen LogP contribution in [0.5, 0.6) is 0 Å². The molecule has 1 aromatic heterocycles. The summed E-state index contributed by atoms with van der Waals surface area (Å²) in [6.45, 7) is 2.17. The number of rotatable bonds is 8. The molecule has 0 bridgehead atoms. The molecule has 3 rings (SSSR count). The maximum atomic E-state index is 13.1. The number of hydrogen-bond acceptors (Lipinski definition) is 4. The fourth-order valence-electron chi connectivity index (χ4n) is 3.36. The Morgan fingerprint density at radius 1 is 1.19 bits per heavy atom. The van der Waals surface area contributed by atoms with Gasteiger partial charge in [0.2, 0.25) is 5.91 Å². The van der Waals surface area contributed by atoms with Gasteiger partial charge in [0.15, 0.2) is 0 Å². The highest BCUT2D eigenvalue weighted by atomic mass is 32.1. The first kappa shape index (κ1) is 19.1. The second kappa shape index (κ2) is 8.35. The number of hydrogen-bond donors (Lipinski definition) is 2. The van der Waals surface area contributed by atoms with Crippen molar-refractivity contribution in [2.45, 2.75) is 31.7 Å². The van der Waals surface area contributed by atoms with Crippen molar-refractivity contribution in [2.24, 2.45) is 0 Å². The molecular weight excluding hydrogens is 362 g/mol. The van der Waals surface area contributed by atoms with Gasteiger partial charge in [0.1, 0.15) is 12.1 Å². The molecule has 7 heteroatoms.